The molecule has 0 amide bonds. The summed E-state index contributed by atoms with van der Waals surface area (Å²) in [5.74, 6) is 0. The van der Waals surface area contributed by atoms with E-state index in [0.717, 1.165) is 26.1 Å². The van der Waals surface area contributed by atoms with E-state index in [2.05, 4.69) is 43.4 Å². The van der Waals surface area contributed by atoms with E-state index in [1.54, 1.807) is 0 Å². The van der Waals surface area contributed by atoms with Gasteiger partial charge in [0.2, 0.25) is 0 Å². The van der Waals surface area contributed by atoms with Gasteiger partial charge in [0.15, 0.2) is 0 Å². The smallest absolute Gasteiger partial charge is 0.0718 e. The molecule has 0 saturated heterocycles. The maximum Gasteiger partial charge on any atom is 0.0718 e. The first-order chi connectivity index (χ1) is 9.86. The van der Waals surface area contributed by atoms with Gasteiger partial charge in [0, 0.05) is 13.2 Å². The van der Waals surface area contributed by atoms with E-state index >= 15 is 0 Å². The van der Waals surface area contributed by atoms with Crippen molar-refractivity contribution in [1.82, 2.24) is 5.32 Å². The lowest BCUT2D eigenvalue weighted by atomic mass is 10.1. The second kappa shape index (κ2) is 11.9. The highest BCUT2D eigenvalue weighted by Gasteiger charge is 1.97. The Morgan fingerprint density at radius 2 is 1.75 bits per heavy atom. The Labute approximate surface area is 123 Å². The molecule has 0 heterocycles. The summed E-state index contributed by atoms with van der Waals surface area (Å²) in [5.41, 5.74) is 2.55. The van der Waals surface area contributed by atoms with Gasteiger partial charge in [-0.25, -0.2) is 0 Å². The van der Waals surface area contributed by atoms with Gasteiger partial charge in [0.25, 0.3) is 0 Å². The molecule has 1 aromatic carbocycles. The number of hydrogen-bond donors (Lipinski definition) is 1. The van der Waals surface area contributed by atoms with Crippen molar-refractivity contribution in [2.75, 3.05) is 26.4 Å². The van der Waals surface area contributed by atoms with Crippen molar-refractivity contribution in [1.29, 1.82) is 0 Å². The lowest BCUT2D eigenvalue weighted by molar-refractivity contribution is 0.0396. The molecule has 3 heteroatoms. The van der Waals surface area contributed by atoms with Gasteiger partial charge in [0.05, 0.1) is 19.8 Å². The van der Waals surface area contributed by atoms with Crippen molar-refractivity contribution in [3.8, 4) is 0 Å². The highest BCUT2D eigenvalue weighted by atomic mass is 16.5. The molecule has 0 radical (unpaired) electrons. The number of ether oxygens (including phenoxy) is 2. The Morgan fingerprint density at radius 3 is 2.55 bits per heavy atom. The minimum Gasteiger partial charge on any atom is -0.379 e. The number of rotatable bonds is 12. The molecule has 0 bridgehead atoms. The molecule has 0 aromatic heterocycles. The first-order valence-electron chi connectivity index (χ1n) is 7.80. The molecule has 0 aliphatic rings. The third kappa shape index (κ3) is 8.31. The quantitative estimate of drug-likeness (QED) is 0.594. The molecular weight excluding hydrogens is 250 g/mol. The van der Waals surface area contributed by atoms with Crippen molar-refractivity contribution < 1.29 is 9.47 Å². The number of unbranched alkanes of at least 4 members (excludes halogenated alkanes) is 1. The summed E-state index contributed by atoms with van der Waals surface area (Å²) in [6.07, 6.45) is 3.48. The summed E-state index contributed by atoms with van der Waals surface area (Å²) in [6.45, 7) is 9.22. The summed E-state index contributed by atoms with van der Waals surface area (Å²) in [5, 5.41) is 3.41. The predicted molar refractivity (Wildman–Crippen MR) is 83.8 cm³/mol. The van der Waals surface area contributed by atoms with E-state index in [1.807, 2.05) is 0 Å². The van der Waals surface area contributed by atoms with E-state index in [4.69, 9.17) is 9.47 Å². The van der Waals surface area contributed by atoms with Crippen LogP contribution in [0.15, 0.2) is 24.3 Å². The fourth-order valence-corrected chi connectivity index (χ4v) is 1.90. The van der Waals surface area contributed by atoms with Crippen molar-refractivity contribution in [3.05, 3.63) is 35.4 Å². The van der Waals surface area contributed by atoms with Crippen LogP contribution in [0.1, 0.15) is 44.2 Å². The van der Waals surface area contributed by atoms with Crippen molar-refractivity contribution in [3.63, 3.8) is 0 Å². The van der Waals surface area contributed by atoms with Crippen LogP contribution in [0.5, 0.6) is 0 Å². The third-order valence-electron chi connectivity index (χ3n) is 3.03. The molecule has 0 unspecified atom stereocenters. The lowest BCUT2D eigenvalue weighted by Gasteiger charge is -2.08. The summed E-state index contributed by atoms with van der Waals surface area (Å²) in [7, 11) is 0. The van der Waals surface area contributed by atoms with Crippen LogP contribution in [-0.2, 0) is 22.6 Å². The van der Waals surface area contributed by atoms with Crippen LogP contribution < -0.4 is 5.32 Å². The Hall–Kier alpha value is -0.900. The minimum absolute atomic E-state index is 0.665. The zero-order valence-electron chi connectivity index (χ0n) is 13.0. The van der Waals surface area contributed by atoms with E-state index in [1.165, 1.54) is 24.0 Å². The van der Waals surface area contributed by atoms with Crippen LogP contribution in [-0.4, -0.2) is 26.4 Å². The maximum atomic E-state index is 5.64. The van der Waals surface area contributed by atoms with Gasteiger partial charge in [0.1, 0.15) is 0 Å². The SMILES string of the molecule is CCCCOCCOCc1cccc(CNCCC)c1. The van der Waals surface area contributed by atoms with Crippen LogP contribution in [0.2, 0.25) is 0 Å². The Balaban J connectivity index is 2.14. The lowest BCUT2D eigenvalue weighted by Crippen LogP contribution is -2.13. The molecule has 0 spiro atoms. The van der Waals surface area contributed by atoms with Crippen LogP contribution in [0.25, 0.3) is 0 Å². The van der Waals surface area contributed by atoms with Gasteiger partial charge in [-0.15, -0.1) is 0 Å². The number of benzene rings is 1. The predicted octanol–water partition coefficient (Wildman–Crippen LogP) is 3.52. The van der Waals surface area contributed by atoms with Gasteiger partial charge in [-0.05, 0) is 30.5 Å². The van der Waals surface area contributed by atoms with Crippen LogP contribution in [0, 0.1) is 0 Å². The molecule has 1 rings (SSSR count). The number of nitrogens with one attached hydrogen (secondary N) is 1. The highest BCUT2D eigenvalue weighted by molar-refractivity contribution is 5.22. The second-order valence-electron chi connectivity index (χ2n) is 5.02. The molecule has 0 saturated carbocycles. The molecule has 3 nitrogen and oxygen atoms in total. The minimum atomic E-state index is 0.665. The van der Waals surface area contributed by atoms with Gasteiger partial charge in [-0.3, -0.25) is 0 Å². The molecule has 20 heavy (non-hydrogen) atoms. The molecule has 1 aromatic rings. The second-order valence-corrected chi connectivity index (χ2v) is 5.02. The normalized spacial score (nSPS) is 10.9. The Morgan fingerprint density at radius 1 is 0.950 bits per heavy atom. The fourth-order valence-electron chi connectivity index (χ4n) is 1.90. The fraction of sp³-hybridized carbons (Fsp3) is 0.647. The van der Waals surface area contributed by atoms with Gasteiger partial charge in [-0.2, -0.15) is 0 Å². The zero-order chi connectivity index (χ0) is 14.5. The summed E-state index contributed by atoms with van der Waals surface area (Å²) in [6, 6.07) is 8.57. The van der Waals surface area contributed by atoms with Crippen LogP contribution >= 0.6 is 0 Å². The van der Waals surface area contributed by atoms with Crippen LogP contribution in [0.3, 0.4) is 0 Å². The summed E-state index contributed by atoms with van der Waals surface area (Å²) < 4.78 is 11.1. The molecule has 0 aliphatic heterocycles. The summed E-state index contributed by atoms with van der Waals surface area (Å²) >= 11 is 0. The van der Waals surface area contributed by atoms with E-state index in [0.29, 0.717) is 19.8 Å². The first-order valence-corrected chi connectivity index (χ1v) is 7.80. The molecular formula is C17H29NO2. The average molecular weight is 279 g/mol. The maximum absolute atomic E-state index is 5.64. The number of hydrogen-bond acceptors (Lipinski definition) is 3. The Bertz CT molecular complexity index is 342. The van der Waals surface area contributed by atoms with Gasteiger partial charge >= 0.3 is 0 Å². The Kier molecular flexibility index (Phi) is 10.2. The van der Waals surface area contributed by atoms with Gasteiger partial charge in [-0.1, -0.05) is 44.5 Å². The van der Waals surface area contributed by atoms with E-state index in [9.17, 15) is 0 Å². The molecule has 0 atom stereocenters. The molecule has 114 valence electrons. The van der Waals surface area contributed by atoms with Crippen molar-refractivity contribution >= 4 is 0 Å². The monoisotopic (exact) mass is 279 g/mol. The van der Waals surface area contributed by atoms with Crippen molar-refractivity contribution in [2.45, 2.75) is 46.3 Å². The zero-order valence-corrected chi connectivity index (χ0v) is 13.0. The van der Waals surface area contributed by atoms with Crippen LogP contribution in [0.4, 0.5) is 0 Å². The standard InChI is InChI=1S/C17H29NO2/c1-3-5-10-19-11-12-20-15-17-8-6-7-16(13-17)14-18-9-4-2/h6-8,13,18H,3-5,9-12,14-15H2,1-2H3. The third-order valence-corrected chi connectivity index (χ3v) is 3.03. The molecule has 0 aliphatic carbocycles. The first kappa shape index (κ1) is 17.2. The average Bonchev–Trinajstić information content (AvgIpc) is 2.47. The van der Waals surface area contributed by atoms with Crippen molar-refractivity contribution in [2.24, 2.45) is 0 Å². The molecule has 0 fully saturated rings. The largest absolute Gasteiger partial charge is 0.379 e. The summed E-state index contributed by atoms with van der Waals surface area (Å²) in [4.78, 5) is 0. The molecule has 1 N–H and O–H groups in total. The highest BCUT2D eigenvalue weighted by Crippen LogP contribution is 2.06. The topological polar surface area (TPSA) is 30.5 Å². The van der Waals surface area contributed by atoms with E-state index in [-0.39, 0.29) is 0 Å². The van der Waals surface area contributed by atoms with E-state index < -0.39 is 0 Å². The van der Waals surface area contributed by atoms with Gasteiger partial charge < -0.3 is 14.8 Å².